The lowest BCUT2D eigenvalue weighted by molar-refractivity contribution is -0.166. The number of halogens is 2. The molecule has 12 heteroatoms. The fourth-order valence-corrected chi connectivity index (χ4v) is 4.97. The molecule has 1 saturated heterocycles. The number of aliphatic hydroxyl groups excluding tert-OH is 1. The van der Waals surface area contributed by atoms with Gasteiger partial charge in [-0.3, -0.25) is 9.69 Å². The van der Waals surface area contributed by atoms with Gasteiger partial charge < -0.3 is 25.6 Å². The summed E-state index contributed by atoms with van der Waals surface area (Å²) in [5, 5.41) is 27.0. The van der Waals surface area contributed by atoms with E-state index in [4.69, 9.17) is 10.5 Å². The first-order valence-electron chi connectivity index (χ1n) is 13.0. The molecule has 1 aliphatic rings. The Morgan fingerprint density at radius 3 is 2.46 bits per heavy atom. The molecule has 1 aliphatic heterocycles. The second kappa shape index (κ2) is 12.0. The quantitative estimate of drug-likeness (QED) is 0.268. The number of nitrogens with two attached hydrogens (primary N) is 1. The van der Waals surface area contributed by atoms with Crippen LogP contribution in [-0.4, -0.2) is 68.2 Å². The molecular weight excluding hydrogens is 534 g/mol. The van der Waals surface area contributed by atoms with Gasteiger partial charge in [-0.15, -0.1) is 0 Å². The van der Waals surface area contributed by atoms with Crippen molar-refractivity contribution >= 4 is 11.6 Å². The SMILES string of the molecule is NC(=O)c1cccc(COc2ccc(N3CCN(C(O)C(O)(Cn4cncn4)c4ccc(F)cc4F)CC3)cc2)c1. The van der Waals surface area contributed by atoms with E-state index in [1.54, 1.807) is 23.1 Å². The number of benzene rings is 3. The summed E-state index contributed by atoms with van der Waals surface area (Å²) in [6.45, 7) is 1.80. The van der Waals surface area contributed by atoms with E-state index < -0.39 is 29.4 Å². The number of ether oxygens (including phenoxy) is 1. The van der Waals surface area contributed by atoms with Crippen molar-refractivity contribution in [3.63, 3.8) is 0 Å². The zero-order chi connectivity index (χ0) is 29.0. The summed E-state index contributed by atoms with van der Waals surface area (Å²) in [5.74, 6) is -1.59. The molecule has 0 spiro atoms. The van der Waals surface area contributed by atoms with Gasteiger partial charge in [0, 0.05) is 49.1 Å². The Hall–Kier alpha value is -4.39. The number of nitrogens with zero attached hydrogens (tertiary/aromatic N) is 5. The average molecular weight is 565 g/mol. The predicted molar refractivity (Wildman–Crippen MR) is 146 cm³/mol. The Kier molecular flexibility index (Phi) is 8.24. The van der Waals surface area contributed by atoms with E-state index in [1.807, 2.05) is 30.3 Å². The monoisotopic (exact) mass is 564 g/mol. The first kappa shape index (κ1) is 28.1. The van der Waals surface area contributed by atoms with Crippen LogP contribution in [0.4, 0.5) is 14.5 Å². The lowest BCUT2D eigenvalue weighted by Crippen LogP contribution is -2.58. The van der Waals surface area contributed by atoms with Gasteiger partial charge in [-0.05, 0) is 48.0 Å². The molecule has 0 saturated carbocycles. The van der Waals surface area contributed by atoms with Gasteiger partial charge in [0.15, 0.2) is 5.60 Å². The van der Waals surface area contributed by atoms with Crippen LogP contribution in [0.2, 0.25) is 0 Å². The van der Waals surface area contributed by atoms with Crippen LogP contribution in [0.3, 0.4) is 0 Å². The molecular formula is C29H30F2N6O4. The van der Waals surface area contributed by atoms with E-state index >= 15 is 0 Å². The van der Waals surface area contributed by atoms with E-state index in [0.29, 0.717) is 43.6 Å². The van der Waals surface area contributed by atoms with E-state index in [9.17, 15) is 23.8 Å². The second-order valence-corrected chi connectivity index (χ2v) is 9.89. The Balaban J connectivity index is 1.22. The fraction of sp³-hybridized carbons (Fsp3) is 0.276. The number of carbonyl (C=O) groups excluding carboxylic acids is 1. The summed E-state index contributed by atoms with van der Waals surface area (Å²) in [7, 11) is 0. The summed E-state index contributed by atoms with van der Waals surface area (Å²) in [6, 6.07) is 17.4. The normalized spacial score (nSPS) is 16.2. The van der Waals surface area contributed by atoms with Crippen LogP contribution >= 0.6 is 0 Å². The first-order chi connectivity index (χ1) is 19.7. The molecule has 4 aromatic rings. The number of piperazine rings is 1. The molecule has 2 atom stereocenters. The van der Waals surface area contributed by atoms with Crippen molar-refractivity contribution in [2.75, 3.05) is 31.1 Å². The zero-order valence-corrected chi connectivity index (χ0v) is 22.1. The van der Waals surface area contributed by atoms with Gasteiger partial charge >= 0.3 is 0 Å². The summed E-state index contributed by atoms with van der Waals surface area (Å²) in [6.07, 6.45) is 1.12. The van der Waals surface area contributed by atoms with E-state index in [-0.39, 0.29) is 18.7 Å². The van der Waals surface area contributed by atoms with Crippen LogP contribution in [0.15, 0.2) is 79.4 Å². The number of rotatable bonds is 10. The van der Waals surface area contributed by atoms with Gasteiger partial charge in [0.2, 0.25) is 5.91 Å². The molecule has 10 nitrogen and oxygen atoms in total. The van der Waals surface area contributed by atoms with Crippen LogP contribution in [0.1, 0.15) is 21.5 Å². The summed E-state index contributed by atoms with van der Waals surface area (Å²) in [4.78, 5) is 19.0. The molecule has 214 valence electrons. The third kappa shape index (κ3) is 6.35. The zero-order valence-electron chi connectivity index (χ0n) is 22.1. The molecule has 1 aromatic heterocycles. The van der Waals surface area contributed by atoms with Gasteiger partial charge in [0.1, 0.15) is 42.9 Å². The molecule has 4 N–H and O–H groups in total. The highest BCUT2D eigenvalue weighted by Crippen LogP contribution is 2.33. The molecule has 0 radical (unpaired) electrons. The average Bonchev–Trinajstić information content (AvgIpc) is 3.49. The number of hydrogen-bond acceptors (Lipinski definition) is 8. The number of hydrogen-bond donors (Lipinski definition) is 3. The maximum atomic E-state index is 14.8. The van der Waals surface area contributed by atoms with Crippen molar-refractivity contribution in [2.45, 2.75) is 25.0 Å². The first-order valence-corrected chi connectivity index (χ1v) is 13.0. The van der Waals surface area contributed by atoms with Crippen LogP contribution in [0, 0.1) is 11.6 Å². The predicted octanol–water partition coefficient (Wildman–Crippen LogP) is 2.26. The lowest BCUT2D eigenvalue weighted by atomic mass is 9.90. The minimum atomic E-state index is -2.12. The fourth-order valence-electron chi connectivity index (χ4n) is 4.97. The number of aromatic nitrogens is 3. The molecule has 0 bridgehead atoms. The number of primary amides is 1. The molecule has 1 amide bonds. The van der Waals surface area contributed by atoms with Crippen LogP contribution in [0.25, 0.3) is 0 Å². The summed E-state index contributed by atoms with van der Waals surface area (Å²) < 4.78 is 35.6. The highest BCUT2D eigenvalue weighted by Gasteiger charge is 2.44. The molecule has 41 heavy (non-hydrogen) atoms. The molecule has 2 unspecified atom stereocenters. The molecule has 0 aliphatic carbocycles. The Labute approximate surface area is 235 Å². The Morgan fingerprint density at radius 1 is 1.05 bits per heavy atom. The lowest BCUT2D eigenvalue weighted by Gasteiger charge is -2.44. The van der Waals surface area contributed by atoms with Gasteiger partial charge in [-0.2, -0.15) is 5.10 Å². The van der Waals surface area contributed by atoms with Crippen LogP contribution < -0.4 is 15.4 Å². The molecule has 3 aromatic carbocycles. The van der Waals surface area contributed by atoms with Crippen molar-refractivity contribution in [3.05, 3.63) is 108 Å². The number of carbonyl (C=O) groups is 1. The number of aliphatic hydroxyl groups is 2. The Bertz CT molecular complexity index is 1480. The highest BCUT2D eigenvalue weighted by molar-refractivity contribution is 5.92. The van der Waals surface area contributed by atoms with Gasteiger partial charge in [0.25, 0.3) is 0 Å². The topological polar surface area (TPSA) is 130 Å². The van der Waals surface area contributed by atoms with E-state index in [0.717, 1.165) is 23.4 Å². The second-order valence-electron chi connectivity index (χ2n) is 9.89. The van der Waals surface area contributed by atoms with Crippen LogP contribution in [-0.2, 0) is 18.8 Å². The maximum Gasteiger partial charge on any atom is 0.248 e. The number of amides is 1. The maximum absolute atomic E-state index is 14.8. The van der Waals surface area contributed by atoms with Crippen molar-refractivity contribution in [2.24, 2.45) is 5.73 Å². The van der Waals surface area contributed by atoms with Gasteiger partial charge in [0.05, 0.1) is 6.54 Å². The third-order valence-corrected chi connectivity index (χ3v) is 7.17. The molecule has 1 fully saturated rings. The highest BCUT2D eigenvalue weighted by atomic mass is 19.1. The van der Waals surface area contributed by atoms with Crippen LogP contribution in [0.5, 0.6) is 5.75 Å². The molecule has 2 heterocycles. The minimum absolute atomic E-state index is 0.235. The third-order valence-electron chi connectivity index (χ3n) is 7.17. The summed E-state index contributed by atoms with van der Waals surface area (Å²) in [5.41, 5.74) is 5.18. The largest absolute Gasteiger partial charge is 0.489 e. The van der Waals surface area contributed by atoms with E-state index in [1.165, 1.54) is 17.3 Å². The van der Waals surface area contributed by atoms with Gasteiger partial charge in [-0.1, -0.05) is 18.2 Å². The van der Waals surface area contributed by atoms with Crippen molar-refractivity contribution < 1.29 is 28.5 Å². The van der Waals surface area contributed by atoms with Crippen molar-refractivity contribution in [1.29, 1.82) is 0 Å². The van der Waals surface area contributed by atoms with Crippen molar-refractivity contribution in [1.82, 2.24) is 19.7 Å². The van der Waals surface area contributed by atoms with E-state index in [2.05, 4.69) is 15.0 Å². The van der Waals surface area contributed by atoms with Gasteiger partial charge in [-0.25, -0.2) is 18.4 Å². The standard InChI is InChI=1S/C29H30F2N6O4/c30-22-4-9-25(26(31)15-22)29(40,17-37-19-33-18-34-37)28(39)36-12-10-35(11-13-36)23-5-7-24(8-6-23)41-16-20-2-1-3-21(14-20)27(32)38/h1-9,14-15,18-19,28,39-40H,10-13,16-17H2,(H2,32,38). The number of anilines is 1. The minimum Gasteiger partial charge on any atom is -0.489 e. The van der Waals surface area contributed by atoms with Crippen molar-refractivity contribution in [3.8, 4) is 5.75 Å². The smallest absolute Gasteiger partial charge is 0.248 e. The Morgan fingerprint density at radius 2 is 1.80 bits per heavy atom. The molecule has 5 rings (SSSR count). The summed E-state index contributed by atoms with van der Waals surface area (Å²) >= 11 is 0.